The van der Waals surface area contributed by atoms with Crippen LogP contribution >= 0.6 is 11.8 Å². The van der Waals surface area contributed by atoms with E-state index >= 15 is 0 Å². The second-order valence-corrected chi connectivity index (χ2v) is 5.28. The fraction of sp³-hybridized carbons (Fsp3) is 0.429. The maximum Gasteiger partial charge on any atom is 0.242 e. The SMILES string of the molecule is CNC(=O)C1CCCN1c1cccc(SC)c1C#N. The lowest BCUT2D eigenvalue weighted by Crippen LogP contribution is -2.42. The third-order valence-corrected chi connectivity index (χ3v) is 4.23. The van der Waals surface area contributed by atoms with Gasteiger partial charge < -0.3 is 10.2 Å². The van der Waals surface area contributed by atoms with Crippen LogP contribution in [0.1, 0.15) is 18.4 Å². The van der Waals surface area contributed by atoms with Gasteiger partial charge in [0.2, 0.25) is 5.91 Å². The molecule has 4 nitrogen and oxygen atoms in total. The number of likely N-dealkylation sites (N-methyl/N-ethyl adjacent to an activating group) is 1. The summed E-state index contributed by atoms with van der Waals surface area (Å²) in [6.45, 7) is 0.824. The molecule has 1 amide bonds. The van der Waals surface area contributed by atoms with Crippen molar-refractivity contribution < 1.29 is 4.79 Å². The Morgan fingerprint density at radius 1 is 1.58 bits per heavy atom. The summed E-state index contributed by atoms with van der Waals surface area (Å²) in [7, 11) is 1.66. The molecule has 1 N–H and O–H groups in total. The van der Waals surface area contributed by atoms with E-state index in [4.69, 9.17) is 0 Å². The average molecular weight is 275 g/mol. The van der Waals surface area contributed by atoms with Crippen LogP contribution in [-0.2, 0) is 4.79 Å². The highest BCUT2D eigenvalue weighted by molar-refractivity contribution is 7.98. The minimum absolute atomic E-state index is 0.0240. The van der Waals surface area contributed by atoms with Crippen LogP contribution in [-0.4, -0.2) is 31.8 Å². The fourth-order valence-electron chi connectivity index (χ4n) is 2.54. The van der Waals surface area contributed by atoms with Crippen molar-refractivity contribution in [1.29, 1.82) is 5.26 Å². The highest BCUT2D eigenvalue weighted by Gasteiger charge is 2.31. The van der Waals surface area contributed by atoms with E-state index in [9.17, 15) is 10.1 Å². The normalized spacial score (nSPS) is 18.2. The van der Waals surface area contributed by atoms with Crippen LogP contribution in [0, 0.1) is 11.3 Å². The molecule has 0 aromatic heterocycles. The Hall–Kier alpha value is -1.67. The molecule has 2 rings (SSSR count). The number of nitrogens with one attached hydrogen (secondary N) is 1. The second-order valence-electron chi connectivity index (χ2n) is 4.43. The summed E-state index contributed by atoms with van der Waals surface area (Å²) in [4.78, 5) is 14.9. The van der Waals surface area contributed by atoms with Crippen molar-refractivity contribution in [2.75, 3.05) is 24.7 Å². The van der Waals surface area contributed by atoms with Gasteiger partial charge in [-0.3, -0.25) is 4.79 Å². The molecule has 1 saturated heterocycles. The zero-order valence-corrected chi connectivity index (χ0v) is 12.0. The number of hydrogen-bond donors (Lipinski definition) is 1. The first-order chi connectivity index (χ1) is 9.22. The third-order valence-electron chi connectivity index (χ3n) is 3.45. The van der Waals surface area contributed by atoms with Crippen LogP contribution < -0.4 is 10.2 Å². The van der Waals surface area contributed by atoms with Gasteiger partial charge in [-0.15, -0.1) is 11.8 Å². The van der Waals surface area contributed by atoms with Crippen molar-refractivity contribution in [1.82, 2.24) is 5.32 Å². The fourth-order valence-corrected chi connectivity index (χ4v) is 3.10. The molecule has 1 aromatic carbocycles. The Labute approximate surface area is 117 Å². The summed E-state index contributed by atoms with van der Waals surface area (Å²) in [6, 6.07) is 7.94. The maximum absolute atomic E-state index is 11.9. The van der Waals surface area contributed by atoms with Gasteiger partial charge in [0.05, 0.1) is 11.3 Å². The molecular formula is C14H17N3OS. The van der Waals surface area contributed by atoms with Crippen LogP contribution in [0.15, 0.2) is 23.1 Å². The van der Waals surface area contributed by atoms with E-state index in [1.807, 2.05) is 24.5 Å². The molecule has 1 heterocycles. The Bertz CT molecular complexity index is 524. The Balaban J connectivity index is 2.41. The van der Waals surface area contributed by atoms with E-state index in [0.29, 0.717) is 5.56 Å². The molecule has 0 spiro atoms. The van der Waals surface area contributed by atoms with Crippen LogP contribution in [0.2, 0.25) is 0 Å². The molecule has 100 valence electrons. The van der Waals surface area contributed by atoms with Crippen molar-refractivity contribution in [3.8, 4) is 6.07 Å². The second kappa shape index (κ2) is 5.98. The maximum atomic E-state index is 11.9. The van der Waals surface area contributed by atoms with Crippen molar-refractivity contribution in [3.05, 3.63) is 23.8 Å². The van der Waals surface area contributed by atoms with Gasteiger partial charge in [-0.1, -0.05) is 6.07 Å². The number of carbonyl (C=O) groups excluding carboxylic acids is 1. The van der Waals surface area contributed by atoms with E-state index in [1.54, 1.807) is 18.8 Å². The molecular weight excluding hydrogens is 258 g/mol. The summed E-state index contributed by atoms with van der Waals surface area (Å²) in [5, 5.41) is 12.1. The highest BCUT2D eigenvalue weighted by atomic mass is 32.2. The van der Waals surface area contributed by atoms with Gasteiger partial charge in [0, 0.05) is 18.5 Å². The average Bonchev–Trinajstić information content (AvgIpc) is 2.94. The van der Waals surface area contributed by atoms with Gasteiger partial charge in [-0.05, 0) is 31.2 Å². The summed E-state index contributed by atoms with van der Waals surface area (Å²) in [6.07, 6.45) is 3.78. The van der Waals surface area contributed by atoms with Gasteiger partial charge in [0.15, 0.2) is 0 Å². The lowest BCUT2D eigenvalue weighted by molar-refractivity contribution is -0.121. The van der Waals surface area contributed by atoms with Crippen molar-refractivity contribution in [2.24, 2.45) is 0 Å². The molecule has 0 bridgehead atoms. The lowest BCUT2D eigenvalue weighted by Gasteiger charge is -2.26. The molecule has 1 aliphatic heterocycles. The lowest BCUT2D eigenvalue weighted by atomic mass is 10.1. The molecule has 1 unspecified atom stereocenters. The molecule has 1 aliphatic rings. The predicted molar refractivity (Wildman–Crippen MR) is 77.4 cm³/mol. The van der Waals surface area contributed by atoms with Crippen LogP contribution in [0.3, 0.4) is 0 Å². The minimum atomic E-state index is -0.158. The number of thioether (sulfide) groups is 1. The number of hydrogen-bond acceptors (Lipinski definition) is 4. The molecule has 1 fully saturated rings. The predicted octanol–water partition coefficient (Wildman–Crippen LogP) is 1.99. The first-order valence-electron chi connectivity index (χ1n) is 6.28. The van der Waals surface area contributed by atoms with E-state index in [0.717, 1.165) is 30.0 Å². The first kappa shape index (κ1) is 13.8. The summed E-state index contributed by atoms with van der Waals surface area (Å²) >= 11 is 1.56. The number of anilines is 1. The molecule has 5 heteroatoms. The topological polar surface area (TPSA) is 56.1 Å². The van der Waals surface area contributed by atoms with Crippen molar-refractivity contribution in [2.45, 2.75) is 23.8 Å². The van der Waals surface area contributed by atoms with Gasteiger partial charge in [0.25, 0.3) is 0 Å². The Morgan fingerprint density at radius 2 is 2.37 bits per heavy atom. The number of nitrogens with zero attached hydrogens (tertiary/aromatic N) is 2. The number of amides is 1. The number of nitriles is 1. The summed E-state index contributed by atoms with van der Waals surface area (Å²) in [5.41, 5.74) is 1.55. The highest BCUT2D eigenvalue weighted by Crippen LogP contribution is 2.33. The van der Waals surface area contributed by atoms with Gasteiger partial charge in [0.1, 0.15) is 12.1 Å². The number of benzene rings is 1. The van der Waals surface area contributed by atoms with Gasteiger partial charge >= 0.3 is 0 Å². The van der Waals surface area contributed by atoms with E-state index in [2.05, 4.69) is 16.3 Å². The largest absolute Gasteiger partial charge is 0.358 e. The Morgan fingerprint density at radius 3 is 3.00 bits per heavy atom. The zero-order valence-electron chi connectivity index (χ0n) is 11.1. The van der Waals surface area contributed by atoms with Crippen molar-refractivity contribution in [3.63, 3.8) is 0 Å². The first-order valence-corrected chi connectivity index (χ1v) is 7.50. The van der Waals surface area contributed by atoms with E-state index in [-0.39, 0.29) is 11.9 Å². The quantitative estimate of drug-likeness (QED) is 0.857. The van der Waals surface area contributed by atoms with Gasteiger partial charge in [-0.25, -0.2) is 0 Å². The Kier molecular flexibility index (Phi) is 4.33. The number of rotatable bonds is 3. The van der Waals surface area contributed by atoms with Crippen LogP contribution in [0.4, 0.5) is 5.69 Å². The zero-order chi connectivity index (χ0) is 13.8. The molecule has 19 heavy (non-hydrogen) atoms. The summed E-state index contributed by atoms with van der Waals surface area (Å²) < 4.78 is 0. The monoisotopic (exact) mass is 275 g/mol. The number of carbonyl (C=O) groups is 1. The molecule has 0 aliphatic carbocycles. The van der Waals surface area contributed by atoms with E-state index in [1.165, 1.54) is 0 Å². The summed E-state index contributed by atoms with van der Waals surface area (Å²) in [5.74, 6) is 0.0240. The minimum Gasteiger partial charge on any atom is -0.358 e. The standard InChI is InChI=1S/C14H17N3OS/c1-16-14(18)12-6-4-8-17(12)11-5-3-7-13(19-2)10(11)9-15/h3,5,7,12H,4,6,8H2,1-2H3,(H,16,18). The molecule has 1 aromatic rings. The van der Waals surface area contributed by atoms with Crippen molar-refractivity contribution >= 4 is 23.4 Å². The smallest absolute Gasteiger partial charge is 0.242 e. The van der Waals surface area contributed by atoms with E-state index < -0.39 is 0 Å². The van der Waals surface area contributed by atoms with Crippen LogP contribution in [0.25, 0.3) is 0 Å². The third kappa shape index (κ3) is 2.54. The van der Waals surface area contributed by atoms with Crippen LogP contribution in [0.5, 0.6) is 0 Å². The molecule has 1 atom stereocenters. The van der Waals surface area contributed by atoms with Gasteiger partial charge in [-0.2, -0.15) is 5.26 Å². The molecule has 0 radical (unpaired) electrons. The molecule has 0 saturated carbocycles.